The lowest BCUT2D eigenvalue weighted by molar-refractivity contribution is -0.140. The van der Waals surface area contributed by atoms with Gasteiger partial charge in [-0.05, 0) is 64.8 Å². The Balaban J connectivity index is 1.60. The first kappa shape index (κ1) is 14.8. The molecule has 0 aromatic rings. The molecule has 0 aromatic heterocycles. The van der Waals surface area contributed by atoms with E-state index in [0.29, 0.717) is 6.42 Å². The Kier molecular flexibility index (Phi) is 6.11. The van der Waals surface area contributed by atoms with Gasteiger partial charge in [0.15, 0.2) is 0 Å². The Morgan fingerprint density at radius 1 is 1.11 bits per heavy atom. The zero-order valence-electron chi connectivity index (χ0n) is 12.3. The van der Waals surface area contributed by atoms with Gasteiger partial charge in [0.05, 0.1) is 7.11 Å². The first-order valence-electron chi connectivity index (χ1n) is 7.83. The first-order chi connectivity index (χ1) is 9.29. The van der Waals surface area contributed by atoms with Crippen LogP contribution in [-0.2, 0) is 9.53 Å². The second-order valence-electron chi connectivity index (χ2n) is 5.85. The lowest BCUT2D eigenvalue weighted by Crippen LogP contribution is -2.46. The molecule has 0 aromatic carbocycles. The SMILES string of the molecule is COC(=O)CCCN1CCC(N2CCCCC2)CC1. The van der Waals surface area contributed by atoms with E-state index < -0.39 is 0 Å². The van der Waals surface area contributed by atoms with E-state index in [4.69, 9.17) is 0 Å². The van der Waals surface area contributed by atoms with Crippen LogP contribution < -0.4 is 0 Å². The summed E-state index contributed by atoms with van der Waals surface area (Å²) in [5.41, 5.74) is 0. The van der Waals surface area contributed by atoms with Crippen molar-refractivity contribution in [2.24, 2.45) is 0 Å². The van der Waals surface area contributed by atoms with Crippen molar-refractivity contribution in [1.29, 1.82) is 0 Å². The molecule has 0 amide bonds. The fraction of sp³-hybridized carbons (Fsp3) is 0.933. The van der Waals surface area contributed by atoms with Gasteiger partial charge >= 0.3 is 5.97 Å². The molecule has 19 heavy (non-hydrogen) atoms. The molecule has 0 spiro atoms. The maximum atomic E-state index is 11.1. The first-order valence-corrected chi connectivity index (χ1v) is 7.83. The van der Waals surface area contributed by atoms with Crippen LogP contribution in [0.4, 0.5) is 0 Å². The Morgan fingerprint density at radius 2 is 1.79 bits per heavy atom. The summed E-state index contributed by atoms with van der Waals surface area (Å²) in [5.74, 6) is -0.0804. The summed E-state index contributed by atoms with van der Waals surface area (Å²) in [6.45, 7) is 6.06. The summed E-state index contributed by atoms with van der Waals surface area (Å²) in [7, 11) is 1.46. The predicted octanol–water partition coefficient (Wildman–Crippen LogP) is 1.89. The average molecular weight is 268 g/mol. The van der Waals surface area contributed by atoms with Gasteiger partial charge in [0, 0.05) is 12.5 Å². The van der Waals surface area contributed by atoms with E-state index in [0.717, 1.165) is 19.0 Å². The molecular weight excluding hydrogens is 240 g/mol. The predicted molar refractivity (Wildman–Crippen MR) is 76.1 cm³/mol. The number of ether oxygens (including phenoxy) is 1. The summed E-state index contributed by atoms with van der Waals surface area (Å²) in [6.07, 6.45) is 8.29. The maximum absolute atomic E-state index is 11.1. The minimum absolute atomic E-state index is 0.0804. The van der Waals surface area contributed by atoms with E-state index in [1.54, 1.807) is 0 Å². The number of carbonyl (C=O) groups excluding carboxylic acids is 1. The van der Waals surface area contributed by atoms with Crippen LogP contribution in [0.15, 0.2) is 0 Å². The molecular formula is C15H28N2O2. The fourth-order valence-electron chi connectivity index (χ4n) is 3.34. The molecule has 2 aliphatic heterocycles. The van der Waals surface area contributed by atoms with E-state index >= 15 is 0 Å². The second-order valence-corrected chi connectivity index (χ2v) is 5.85. The molecule has 2 aliphatic rings. The highest BCUT2D eigenvalue weighted by Gasteiger charge is 2.25. The third kappa shape index (κ3) is 4.77. The van der Waals surface area contributed by atoms with Crippen LogP contribution in [0.2, 0.25) is 0 Å². The van der Waals surface area contributed by atoms with Crippen LogP contribution in [0.25, 0.3) is 0 Å². The molecule has 0 atom stereocenters. The summed E-state index contributed by atoms with van der Waals surface area (Å²) in [5, 5.41) is 0. The van der Waals surface area contributed by atoms with Gasteiger partial charge in [-0.2, -0.15) is 0 Å². The number of hydrogen-bond acceptors (Lipinski definition) is 4. The lowest BCUT2D eigenvalue weighted by Gasteiger charge is -2.40. The van der Waals surface area contributed by atoms with Crippen molar-refractivity contribution in [1.82, 2.24) is 9.80 Å². The van der Waals surface area contributed by atoms with E-state index in [-0.39, 0.29) is 5.97 Å². The van der Waals surface area contributed by atoms with Crippen molar-refractivity contribution in [2.45, 2.75) is 51.0 Å². The Bertz CT molecular complexity index is 269. The van der Waals surface area contributed by atoms with Crippen LogP contribution in [0, 0.1) is 0 Å². The molecule has 0 radical (unpaired) electrons. The number of nitrogens with zero attached hydrogens (tertiary/aromatic N) is 2. The molecule has 4 heteroatoms. The number of methoxy groups -OCH3 is 1. The van der Waals surface area contributed by atoms with Crippen LogP contribution in [-0.4, -0.2) is 61.6 Å². The molecule has 4 nitrogen and oxygen atoms in total. The lowest BCUT2D eigenvalue weighted by atomic mass is 10.00. The van der Waals surface area contributed by atoms with E-state index in [1.807, 2.05) is 0 Å². The topological polar surface area (TPSA) is 32.8 Å². The Hall–Kier alpha value is -0.610. The zero-order chi connectivity index (χ0) is 13.5. The maximum Gasteiger partial charge on any atom is 0.305 e. The average Bonchev–Trinajstić information content (AvgIpc) is 2.48. The van der Waals surface area contributed by atoms with Crippen LogP contribution >= 0.6 is 0 Å². The van der Waals surface area contributed by atoms with Crippen molar-refractivity contribution in [2.75, 3.05) is 39.8 Å². The van der Waals surface area contributed by atoms with E-state index in [9.17, 15) is 4.79 Å². The van der Waals surface area contributed by atoms with Crippen molar-refractivity contribution in [3.63, 3.8) is 0 Å². The number of hydrogen-bond donors (Lipinski definition) is 0. The van der Waals surface area contributed by atoms with Gasteiger partial charge in [0.1, 0.15) is 0 Å². The highest BCUT2D eigenvalue weighted by molar-refractivity contribution is 5.69. The summed E-state index contributed by atoms with van der Waals surface area (Å²) in [4.78, 5) is 16.3. The highest BCUT2D eigenvalue weighted by atomic mass is 16.5. The smallest absolute Gasteiger partial charge is 0.305 e. The number of rotatable bonds is 5. The van der Waals surface area contributed by atoms with Crippen LogP contribution in [0.3, 0.4) is 0 Å². The molecule has 0 bridgehead atoms. The standard InChI is InChI=1S/C15H28N2O2/c1-19-15(18)6-5-9-16-12-7-14(8-13-16)17-10-3-2-4-11-17/h14H,2-13H2,1H3. The molecule has 0 saturated carbocycles. The monoisotopic (exact) mass is 268 g/mol. The van der Waals surface area contributed by atoms with E-state index in [1.165, 1.54) is 65.4 Å². The molecule has 2 saturated heterocycles. The largest absolute Gasteiger partial charge is 0.469 e. The minimum atomic E-state index is -0.0804. The van der Waals surface area contributed by atoms with Gasteiger partial charge < -0.3 is 14.5 Å². The number of carbonyl (C=O) groups is 1. The van der Waals surface area contributed by atoms with E-state index in [2.05, 4.69) is 14.5 Å². The minimum Gasteiger partial charge on any atom is -0.469 e. The van der Waals surface area contributed by atoms with Gasteiger partial charge in [-0.3, -0.25) is 4.79 Å². The Labute approximate surface area is 117 Å². The normalized spacial score (nSPS) is 23.4. The van der Waals surface area contributed by atoms with Crippen LogP contribution in [0.1, 0.15) is 44.9 Å². The number of piperidine rings is 2. The number of likely N-dealkylation sites (tertiary alicyclic amines) is 2. The van der Waals surface area contributed by atoms with Crippen molar-refractivity contribution >= 4 is 5.97 Å². The molecule has 110 valence electrons. The van der Waals surface area contributed by atoms with Gasteiger partial charge in [-0.15, -0.1) is 0 Å². The number of esters is 1. The molecule has 2 rings (SSSR count). The van der Waals surface area contributed by atoms with Crippen LogP contribution in [0.5, 0.6) is 0 Å². The molecule has 2 heterocycles. The molecule has 0 unspecified atom stereocenters. The molecule has 0 aliphatic carbocycles. The fourth-order valence-corrected chi connectivity index (χ4v) is 3.34. The van der Waals surface area contributed by atoms with Crippen molar-refractivity contribution in [3.8, 4) is 0 Å². The summed E-state index contributed by atoms with van der Waals surface area (Å²) in [6, 6.07) is 0.817. The summed E-state index contributed by atoms with van der Waals surface area (Å²) < 4.78 is 4.67. The molecule has 2 fully saturated rings. The van der Waals surface area contributed by atoms with Gasteiger partial charge in [-0.25, -0.2) is 0 Å². The highest BCUT2D eigenvalue weighted by Crippen LogP contribution is 2.20. The molecule has 0 N–H and O–H groups in total. The summed E-state index contributed by atoms with van der Waals surface area (Å²) >= 11 is 0. The zero-order valence-corrected chi connectivity index (χ0v) is 12.3. The van der Waals surface area contributed by atoms with Crippen molar-refractivity contribution in [3.05, 3.63) is 0 Å². The second kappa shape index (κ2) is 7.85. The third-order valence-electron chi connectivity index (χ3n) is 4.55. The van der Waals surface area contributed by atoms with Crippen molar-refractivity contribution < 1.29 is 9.53 Å². The Morgan fingerprint density at radius 3 is 2.42 bits per heavy atom. The van der Waals surface area contributed by atoms with Gasteiger partial charge in [0.25, 0.3) is 0 Å². The van der Waals surface area contributed by atoms with Gasteiger partial charge in [-0.1, -0.05) is 6.42 Å². The quantitative estimate of drug-likeness (QED) is 0.713. The van der Waals surface area contributed by atoms with Gasteiger partial charge in [0.2, 0.25) is 0 Å². The third-order valence-corrected chi connectivity index (χ3v) is 4.55.